The zero-order valence-electron chi connectivity index (χ0n) is 26.3. The van der Waals surface area contributed by atoms with E-state index in [-0.39, 0.29) is 5.41 Å². The fourth-order valence-electron chi connectivity index (χ4n) is 6.44. The van der Waals surface area contributed by atoms with Crippen LogP contribution in [0.15, 0.2) is 127 Å². The molecule has 0 spiro atoms. The summed E-state index contributed by atoms with van der Waals surface area (Å²) in [5, 5.41) is 21.0. The lowest BCUT2D eigenvalue weighted by atomic mass is 9.75. The van der Waals surface area contributed by atoms with Crippen molar-refractivity contribution in [3.8, 4) is 68.9 Å². The van der Waals surface area contributed by atoms with E-state index in [0.717, 1.165) is 49.7 Å². The van der Waals surface area contributed by atoms with Gasteiger partial charge in [0.15, 0.2) is 17.5 Å². The standard InChI is InChI=1S/C42H27N5O/c1-42(2)35-19-15-27(25-44)21-37(35)48-38-34(12-7-13-36(38)42)41-46-39(28-8-4-3-5-9-28)45-40(47-41)33-11-6-10-29(23-33)32-18-17-30-20-26(24-43)14-16-31(30)22-32/h3-23H,1-2H3. The summed E-state index contributed by atoms with van der Waals surface area (Å²) in [6, 6.07) is 46.2. The van der Waals surface area contributed by atoms with E-state index < -0.39 is 0 Å². The van der Waals surface area contributed by atoms with Gasteiger partial charge in [0.1, 0.15) is 11.5 Å². The molecule has 226 valence electrons. The average Bonchev–Trinajstić information content (AvgIpc) is 3.14. The SMILES string of the molecule is CC1(C)c2ccc(C#N)cc2Oc2c(-c3nc(-c4ccccc4)nc(-c4cccc(-c5ccc6cc(C#N)ccc6c5)c4)n3)cccc21. The van der Waals surface area contributed by atoms with Crippen molar-refractivity contribution in [2.45, 2.75) is 19.3 Å². The highest BCUT2D eigenvalue weighted by Gasteiger charge is 2.36. The Bertz CT molecular complexity index is 2490. The molecule has 0 bridgehead atoms. The molecule has 0 saturated carbocycles. The van der Waals surface area contributed by atoms with Crippen molar-refractivity contribution in [3.63, 3.8) is 0 Å². The Hall–Kier alpha value is -6.63. The third kappa shape index (κ3) is 4.94. The minimum absolute atomic E-state index is 0.380. The largest absolute Gasteiger partial charge is 0.456 e. The Kier molecular flexibility index (Phi) is 6.79. The minimum Gasteiger partial charge on any atom is -0.456 e. The Labute approximate surface area is 278 Å². The van der Waals surface area contributed by atoms with Crippen LogP contribution in [-0.4, -0.2) is 15.0 Å². The minimum atomic E-state index is -0.380. The van der Waals surface area contributed by atoms with E-state index in [4.69, 9.17) is 19.7 Å². The number of nitrogens with zero attached hydrogens (tertiary/aromatic N) is 5. The van der Waals surface area contributed by atoms with Crippen LogP contribution in [0, 0.1) is 22.7 Å². The van der Waals surface area contributed by atoms with E-state index in [1.165, 1.54) is 0 Å². The normalized spacial score (nSPS) is 12.7. The van der Waals surface area contributed by atoms with Crippen molar-refractivity contribution in [2.75, 3.05) is 0 Å². The first-order chi connectivity index (χ1) is 23.4. The molecule has 7 aromatic rings. The number of ether oxygens (including phenoxy) is 1. The first kappa shape index (κ1) is 28.8. The van der Waals surface area contributed by atoms with Crippen molar-refractivity contribution in [1.82, 2.24) is 15.0 Å². The monoisotopic (exact) mass is 617 g/mol. The second-order valence-electron chi connectivity index (χ2n) is 12.4. The molecule has 6 nitrogen and oxygen atoms in total. The molecule has 6 heteroatoms. The third-order valence-electron chi connectivity index (χ3n) is 9.02. The molecule has 0 unspecified atom stereocenters. The first-order valence-electron chi connectivity index (χ1n) is 15.6. The van der Waals surface area contributed by atoms with Crippen molar-refractivity contribution in [1.29, 1.82) is 10.5 Å². The fraction of sp³-hybridized carbons (Fsp3) is 0.0714. The van der Waals surface area contributed by atoms with Gasteiger partial charge in [-0.25, -0.2) is 15.0 Å². The summed E-state index contributed by atoms with van der Waals surface area (Å²) in [5.74, 6) is 2.92. The molecule has 6 aromatic carbocycles. The number of benzene rings is 6. The zero-order valence-corrected chi connectivity index (χ0v) is 26.3. The Morgan fingerprint density at radius 1 is 0.521 bits per heavy atom. The summed E-state index contributed by atoms with van der Waals surface area (Å²) < 4.78 is 6.59. The van der Waals surface area contributed by atoms with Crippen LogP contribution >= 0.6 is 0 Å². The number of hydrogen-bond acceptors (Lipinski definition) is 6. The summed E-state index contributed by atoms with van der Waals surface area (Å²) in [6.07, 6.45) is 0. The maximum Gasteiger partial charge on any atom is 0.167 e. The van der Waals surface area contributed by atoms with Crippen LogP contribution in [0.25, 0.3) is 56.1 Å². The van der Waals surface area contributed by atoms with Crippen LogP contribution in [0.1, 0.15) is 36.1 Å². The van der Waals surface area contributed by atoms with Crippen molar-refractivity contribution < 1.29 is 4.74 Å². The zero-order chi connectivity index (χ0) is 32.8. The highest BCUT2D eigenvalue weighted by molar-refractivity contribution is 5.89. The summed E-state index contributed by atoms with van der Waals surface area (Å²) in [5.41, 5.74) is 7.38. The van der Waals surface area contributed by atoms with Crippen LogP contribution in [0.2, 0.25) is 0 Å². The van der Waals surface area contributed by atoms with E-state index in [0.29, 0.717) is 40.1 Å². The summed E-state index contributed by atoms with van der Waals surface area (Å²) in [7, 11) is 0. The van der Waals surface area contributed by atoms with Crippen molar-refractivity contribution in [3.05, 3.63) is 150 Å². The molecule has 0 saturated heterocycles. The van der Waals surface area contributed by atoms with Gasteiger partial charge in [0.25, 0.3) is 0 Å². The molecular formula is C42H27N5O. The van der Waals surface area contributed by atoms with Gasteiger partial charge in [-0.15, -0.1) is 0 Å². The molecule has 0 fully saturated rings. The summed E-state index contributed by atoms with van der Waals surface area (Å²) in [4.78, 5) is 15.0. The molecule has 1 aromatic heterocycles. The number of rotatable bonds is 4. The molecule has 0 atom stereocenters. The highest BCUT2D eigenvalue weighted by atomic mass is 16.5. The Balaban J connectivity index is 1.28. The highest BCUT2D eigenvalue weighted by Crippen LogP contribution is 2.51. The molecule has 0 radical (unpaired) electrons. The molecule has 48 heavy (non-hydrogen) atoms. The maximum absolute atomic E-state index is 9.59. The molecule has 1 aliphatic heterocycles. The lowest BCUT2D eigenvalue weighted by Crippen LogP contribution is -2.24. The van der Waals surface area contributed by atoms with E-state index in [1.54, 1.807) is 6.07 Å². The van der Waals surface area contributed by atoms with Gasteiger partial charge in [-0.3, -0.25) is 0 Å². The Morgan fingerprint density at radius 3 is 1.96 bits per heavy atom. The summed E-state index contributed by atoms with van der Waals surface area (Å²) >= 11 is 0. The molecule has 1 aliphatic rings. The van der Waals surface area contributed by atoms with Gasteiger partial charge < -0.3 is 4.74 Å². The van der Waals surface area contributed by atoms with Crippen LogP contribution in [0.5, 0.6) is 11.5 Å². The van der Waals surface area contributed by atoms with E-state index >= 15 is 0 Å². The van der Waals surface area contributed by atoms with Crippen LogP contribution < -0.4 is 4.74 Å². The van der Waals surface area contributed by atoms with Gasteiger partial charge in [-0.05, 0) is 64.4 Å². The van der Waals surface area contributed by atoms with Crippen molar-refractivity contribution in [2.24, 2.45) is 0 Å². The van der Waals surface area contributed by atoms with Gasteiger partial charge in [0, 0.05) is 27.7 Å². The van der Waals surface area contributed by atoms with Gasteiger partial charge in [-0.2, -0.15) is 10.5 Å². The second kappa shape index (κ2) is 11.3. The maximum atomic E-state index is 9.59. The number of aromatic nitrogens is 3. The van der Waals surface area contributed by atoms with Gasteiger partial charge >= 0.3 is 0 Å². The molecule has 8 rings (SSSR count). The molecule has 0 aliphatic carbocycles. The van der Waals surface area contributed by atoms with E-state index in [9.17, 15) is 10.5 Å². The number of hydrogen-bond donors (Lipinski definition) is 0. The van der Waals surface area contributed by atoms with Crippen LogP contribution in [-0.2, 0) is 5.41 Å². The fourth-order valence-corrected chi connectivity index (χ4v) is 6.44. The predicted molar refractivity (Wildman–Crippen MR) is 187 cm³/mol. The average molecular weight is 618 g/mol. The first-order valence-corrected chi connectivity index (χ1v) is 15.6. The van der Waals surface area contributed by atoms with Gasteiger partial charge in [-0.1, -0.05) is 98.8 Å². The number of fused-ring (bicyclic) bond motifs is 3. The molecule has 0 amide bonds. The smallest absolute Gasteiger partial charge is 0.167 e. The molecule has 0 N–H and O–H groups in total. The summed E-state index contributed by atoms with van der Waals surface area (Å²) in [6.45, 7) is 4.33. The van der Waals surface area contributed by atoms with E-state index in [2.05, 4.69) is 56.3 Å². The molecular weight excluding hydrogens is 590 g/mol. The van der Waals surface area contributed by atoms with Crippen LogP contribution in [0.4, 0.5) is 0 Å². The van der Waals surface area contributed by atoms with E-state index in [1.807, 2.05) is 91.0 Å². The number of para-hydroxylation sites is 1. The Morgan fingerprint density at radius 2 is 1.15 bits per heavy atom. The molecule has 2 heterocycles. The lowest BCUT2D eigenvalue weighted by Gasteiger charge is -2.35. The second-order valence-corrected chi connectivity index (χ2v) is 12.4. The van der Waals surface area contributed by atoms with Gasteiger partial charge in [0.2, 0.25) is 0 Å². The van der Waals surface area contributed by atoms with Gasteiger partial charge in [0.05, 0.1) is 28.8 Å². The van der Waals surface area contributed by atoms with Crippen LogP contribution in [0.3, 0.4) is 0 Å². The third-order valence-corrected chi connectivity index (χ3v) is 9.02. The predicted octanol–water partition coefficient (Wildman–Crippen LogP) is 9.87. The quantitative estimate of drug-likeness (QED) is 0.195. The lowest BCUT2D eigenvalue weighted by molar-refractivity contribution is 0.419. The topological polar surface area (TPSA) is 95.5 Å². The number of nitriles is 2. The van der Waals surface area contributed by atoms with Crippen molar-refractivity contribution >= 4 is 10.8 Å².